The molecule has 0 unspecified atom stereocenters. The van der Waals surface area contributed by atoms with Crippen LogP contribution in [0.15, 0.2) is 47.3 Å². The van der Waals surface area contributed by atoms with E-state index in [1.165, 1.54) is 24.7 Å². The van der Waals surface area contributed by atoms with E-state index in [0.29, 0.717) is 11.1 Å². The van der Waals surface area contributed by atoms with E-state index in [1.54, 1.807) is 6.07 Å². The van der Waals surface area contributed by atoms with Crippen molar-refractivity contribution >= 4 is 11.6 Å². The highest BCUT2D eigenvalue weighted by Crippen LogP contribution is 2.29. The molecule has 0 bridgehead atoms. The maximum absolute atomic E-state index is 12.6. The first-order valence-electron chi connectivity index (χ1n) is 7.49. The van der Waals surface area contributed by atoms with E-state index >= 15 is 0 Å². The fraction of sp³-hybridized carbons (Fsp3) is 0.176. The SMILES string of the molecule is O=C(Cc1occc1Cc1ccc(C(F)(F)F)cc1)C(=O)c1nc[nH]n1. The number of aromatic amines is 1. The Balaban J connectivity index is 1.71. The highest BCUT2D eigenvalue weighted by atomic mass is 19.4. The van der Waals surface area contributed by atoms with Crippen LogP contribution < -0.4 is 0 Å². The van der Waals surface area contributed by atoms with Crippen LogP contribution in [0.4, 0.5) is 13.2 Å². The number of hydrogen-bond acceptors (Lipinski definition) is 5. The highest BCUT2D eigenvalue weighted by Gasteiger charge is 2.30. The van der Waals surface area contributed by atoms with E-state index in [0.717, 1.165) is 12.1 Å². The molecule has 1 aromatic carbocycles. The number of nitrogens with one attached hydrogen (secondary N) is 1. The van der Waals surface area contributed by atoms with Gasteiger partial charge in [-0.25, -0.2) is 4.98 Å². The number of furan rings is 1. The van der Waals surface area contributed by atoms with Crippen molar-refractivity contribution in [2.45, 2.75) is 19.0 Å². The van der Waals surface area contributed by atoms with Crippen LogP contribution >= 0.6 is 0 Å². The molecular weight excluding hydrogens is 351 g/mol. The minimum atomic E-state index is -4.40. The molecule has 1 N–H and O–H groups in total. The molecule has 0 saturated heterocycles. The van der Waals surface area contributed by atoms with Crippen LogP contribution in [0.3, 0.4) is 0 Å². The van der Waals surface area contributed by atoms with Gasteiger partial charge >= 0.3 is 6.18 Å². The van der Waals surface area contributed by atoms with Crippen molar-refractivity contribution in [3.8, 4) is 0 Å². The molecule has 0 amide bonds. The minimum absolute atomic E-state index is 0.231. The second-order valence-corrected chi connectivity index (χ2v) is 5.49. The fourth-order valence-corrected chi connectivity index (χ4v) is 2.38. The van der Waals surface area contributed by atoms with Gasteiger partial charge in [0.05, 0.1) is 18.2 Å². The van der Waals surface area contributed by atoms with Crippen LogP contribution in [0, 0.1) is 0 Å². The Kier molecular flexibility index (Phi) is 4.70. The van der Waals surface area contributed by atoms with Crippen molar-refractivity contribution in [3.05, 3.63) is 71.2 Å². The summed E-state index contributed by atoms with van der Waals surface area (Å²) in [6, 6.07) is 6.32. The van der Waals surface area contributed by atoms with E-state index in [2.05, 4.69) is 15.2 Å². The van der Waals surface area contributed by atoms with Gasteiger partial charge in [-0.3, -0.25) is 14.7 Å². The third kappa shape index (κ3) is 3.88. The number of benzene rings is 1. The molecule has 0 aliphatic rings. The summed E-state index contributed by atoms with van der Waals surface area (Å²) in [4.78, 5) is 27.6. The number of carbonyl (C=O) groups is 2. The van der Waals surface area contributed by atoms with Gasteiger partial charge in [0.25, 0.3) is 5.78 Å². The number of carbonyl (C=O) groups excluding carboxylic acids is 2. The lowest BCUT2D eigenvalue weighted by atomic mass is 10.0. The van der Waals surface area contributed by atoms with Crippen LogP contribution in [0.25, 0.3) is 0 Å². The highest BCUT2D eigenvalue weighted by molar-refractivity contribution is 6.43. The Labute approximate surface area is 145 Å². The predicted octanol–water partition coefficient (Wildman–Crippen LogP) is 3.00. The normalized spacial score (nSPS) is 11.5. The molecule has 0 spiro atoms. The quantitative estimate of drug-likeness (QED) is 0.537. The van der Waals surface area contributed by atoms with Crippen molar-refractivity contribution < 1.29 is 27.2 Å². The smallest absolute Gasteiger partial charge is 0.416 e. The molecule has 0 atom stereocenters. The molecule has 134 valence electrons. The number of hydrogen-bond donors (Lipinski definition) is 1. The van der Waals surface area contributed by atoms with Crippen LogP contribution in [-0.2, 0) is 23.8 Å². The van der Waals surface area contributed by atoms with Gasteiger partial charge in [0.1, 0.15) is 12.1 Å². The van der Waals surface area contributed by atoms with E-state index in [-0.39, 0.29) is 24.4 Å². The van der Waals surface area contributed by atoms with Gasteiger partial charge in [0, 0.05) is 6.42 Å². The summed E-state index contributed by atoms with van der Waals surface area (Å²) in [6.07, 6.45) is -1.86. The summed E-state index contributed by atoms with van der Waals surface area (Å²) >= 11 is 0. The molecule has 0 fully saturated rings. The molecule has 0 saturated carbocycles. The standard InChI is InChI=1S/C17H12F3N3O3/c18-17(19,20)12-3-1-10(2-4-12)7-11-5-6-26-14(11)8-13(24)15(25)16-21-9-22-23-16/h1-6,9H,7-8H2,(H,21,22,23). The number of halogens is 3. The molecule has 3 aromatic rings. The van der Waals surface area contributed by atoms with Crippen molar-refractivity contribution in [2.75, 3.05) is 0 Å². The van der Waals surface area contributed by atoms with Crippen LogP contribution in [0.5, 0.6) is 0 Å². The molecule has 0 aliphatic heterocycles. The lowest BCUT2D eigenvalue weighted by Crippen LogP contribution is -2.18. The Morgan fingerprint density at radius 3 is 2.46 bits per heavy atom. The third-order valence-electron chi connectivity index (χ3n) is 3.71. The molecule has 3 rings (SSSR count). The zero-order valence-corrected chi connectivity index (χ0v) is 13.2. The molecule has 2 aromatic heterocycles. The Bertz CT molecular complexity index is 913. The Hall–Kier alpha value is -3.23. The van der Waals surface area contributed by atoms with Gasteiger partial charge in [-0.2, -0.15) is 13.2 Å². The topological polar surface area (TPSA) is 88.9 Å². The second kappa shape index (κ2) is 6.95. The summed E-state index contributed by atoms with van der Waals surface area (Å²) in [7, 11) is 0. The maximum Gasteiger partial charge on any atom is 0.416 e. The first kappa shape index (κ1) is 17.6. The van der Waals surface area contributed by atoms with E-state index in [1.807, 2.05) is 0 Å². The minimum Gasteiger partial charge on any atom is -0.469 e. The van der Waals surface area contributed by atoms with Crippen molar-refractivity contribution in [3.63, 3.8) is 0 Å². The van der Waals surface area contributed by atoms with Crippen molar-refractivity contribution in [2.24, 2.45) is 0 Å². The van der Waals surface area contributed by atoms with E-state index in [4.69, 9.17) is 4.42 Å². The van der Waals surface area contributed by atoms with Crippen LogP contribution in [-0.4, -0.2) is 26.7 Å². The van der Waals surface area contributed by atoms with Crippen LogP contribution in [0.2, 0.25) is 0 Å². The van der Waals surface area contributed by atoms with Gasteiger partial charge in [-0.15, -0.1) is 5.10 Å². The summed E-state index contributed by atoms with van der Waals surface area (Å²) < 4.78 is 43.1. The van der Waals surface area contributed by atoms with E-state index in [9.17, 15) is 22.8 Å². The van der Waals surface area contributed by atoms with Gasteiger partial charge in [0.2, 0.25) is 11.6 Å². The average Bonchev–Trinajstić information content (AvgIpc) is 3.26. The molecule has 6 nitrogen and oxygen atoms in total. The summed E-state index contributed by atoms with van der Waals surface area (Å²) in [5.74, 6) is -1.54. The van der Waals surface area contributed by atoms with Gasteiger partial charge in [-0.1, -0.05) is 12.1 Å². The summed E-state index contributed by atoms with van der Waals surface area (Å²) in [5.41, 5.74) is 0.496. The number of Topliss-reactive ketones (excluding diaryl/α,β-unsaturated/α-hetero) is 2. The number of nitrogens with zero attached hydrogens (tertiary/aromatic N) is 2. The summed E-state index contributed by atoms with van der Waals surface area (Å²) in [5, 5.41) is 5.90. The molecule has 0 radical (unpaired) electrons. The van der Waals surface area contributed by atoms with Gasteiger partial charge in [0.15, 0.2) is 0 Å². The lowest BCUT2D eigenvalue weighted by molar-refractivity contribution is -0.137. The first-order chi connectivity index (χ1) is 12.3. The van der Waals surface area contributed by atoms with Crippen LogP contribution in [0.1, 0.15) is 33.1 Å². The number of aromatic nitrogens is 3. The zero-order valence-electron chi connectivity index (χ0n) is 13.2. The van der Waals surface area contributed by atoms with E-state index < -0.39 is 23.3 Å². The Morgan fingerprint density at radius 1 is 1.12 bits per heavy atom. The number of H-pyrrole nitrogens is 1. The molecule has 26 heavy (non-hydrogen) atoms. The molecule has 0 aliphatic carbocycles. The third-order valence-corrected chi connectivity index (χ3v) is 3.71. The number of rotatable bonds is 6. The lowest BCUT2D eigenvalue weighted by Gasteiger charge is -2.07. The first-order valence-corrected chi connectivity index (χ1v) is 7.49. The zero-order chi connectivity index (χ0) is 18.7. The monoisotopic (exact) mass is 363 g/mol. The maximum atomic E-state index is 12.6. The average molecular weight is 363 g/mol. The van der Waals surface area contributed by atoms with Gasteiger partial charge in [-0.05, 0) is 29.3 Å². The van der Waals surface area contributed by atoms with Gasteiger partial charge < -0.3 is 4.42 Å². The van der Waals surface area contributed by atoms with Crippen molar-refractivity contribution in [1.29, 1.82) is 0 Å². The van der Waals surface area contributed by atoms with Crippen molar-refractivity contribution in [1.82, 2.24) is 15.2 Å². The number of alkyl halides is 3. The summed E-state index contributed by atoms with van der Waals surface area (Å²) in [6.45, 7) is 0. The Morgan fingerprint density at radius 2 is 1.85 bits per heavy atom. The fourth-order valence-electron chi connectivity index (χ4n) is 2.38. The largest absolute Gasteiger partial charge is 0.469 e. The number of ketones is 2. The second-order valence-electron chi connectivity index (χ2n) is 5.49. The molecule has 9 heteroatoms. The molecule has 2 heterocycles. The predicted molar refractivity (Wildman–Crippen MR) is 82.4 cm³/mol. The molecular formula is C17H12F3N3O3.